The first kappa shape index (κ1) is 15.4. The number of benzene rings is 2. The van der Waals surface area contributed by atoms with Crippen LogP contribution in [0.1, 0.15) is 11.3 Å². The van der Waals surface area contributed by atoms with Gasteiger partial charge in [-0.1, -0.05) is 42.1 Å². The Bertz CT molecular complexity index is 1090. The molecule has 0 saturated heterocycles. The van der Waals surface area contributed by atoms with Crippen LogP contribution in [0.15, 0.2) is 46.3 Å². The molecule has 3 aromatic rings. The minimum absolute atomic E-state index is 0.0684. The molecule has 0 saturated carbocycles. The summed E-state index contributed by atoms with van der Waals surface area (Å²) in [6.45, 7) is 0. The second kappa shape index (κ2) is 6.06. The van der Waals surface area contributed by atoms with Crippen LogP contribution in [0.25, 0.3) is 22.9 Å². The first-order valence-electron chi connectivity index (χ1n) is 7.44. The molecule has 7 nitrogen and oxygen atoms in total. The van der Waals surface area contributed by atoms with E-state index < -0.39 is 5.56 Å². The number of hydrogen-bond acceptors (Lipinski definition) is 6. The number of aromatic nitrogens is 3. The van der Waals surface area contributed by atoms with E-state index in [4.69, 9.17) is 0 Å². The second-order valence-corrected chi connectivity index (χ2v) is 6.33. The molecule has 1 amide bonds. The lowest BCUT2D eigenvalue weighted by Gasteiger charge is -2.16. The van der Waals surface area contributed by atoms with Crippen LogP contribution in [0, 0.1) is 0 Å². The normalized spacial score (nSPS) is 13.8. The summed E-state index contributed by atoms with van der Waals surface area (Å²) in [7, 11) is 0. The second-order valence-electron chi connectivity index (χ2n) is 5.38. The molecular weight excluding hydrogens is 340 g/mol. The Labute approximate surface area is 146 Å². The van der Waals surface area contributed by atoms with E-state index in [1.165, 1.54) is 6.08 Å². The molecule has 2 heterocycles. The fourth-order valence-electron chi connectivity index (χ4n) is 2.59. The van der Waals surface area contributed by atoms with Crippen LogP contribution in [-0.2, 0) is 4.79 Å². The van der Waals surface area contributed by atoms with Gasteiger partial charge in [-0.2, -0.15) is 4.68 Å². The summed E-state index contributed by atoms with van der Waals surface area (Å²) in [5.74, 6) is 0.0340. The van der Waals surface area contributed by atoms with Gasteiger partial charge in [0.2, 0.25) is 11.1 Å². The summed E-state index contributed by atoms with van der Waals surface area (Å²) in [6.07, 6.45) is 3.10. The van der Waals surface area contributed by atoms with Crippen molar-refractivity contribution in [1.29, 1.82) is 0 Å². The van der Waals surface area contributed by atoms with Gasteiger partial charge in [0.1, 0.15) is 5.75 Å². The molecule has 0 spiro atoms. The molecule has 1 aliphatic heterocycles. The zero-order chi connectivity index (χ0) is 17.4. The van der Waals surface area contributed by atoms with E-state index in [1.54, 1.807) is 12.1 Å². The third-order valence-corrected chi connectivity index (χ3v) is 4.71. The fraction of sp³-hybridized carbons (Fsp3) is 0.0588. The number of rotatable bonds is 2. The van der Waals surface area contributed by atoms with Crippen molar-refractivity contribution >= 4 is 40.6 Å². The van der Waals surface area contributed by atoms with Crippen LogP contribution in [-0.4, -0.2) is 31.6 Å². The third-order valence-electron chi connectivity index (χ3n) is 3.78. The molecule has 1 aliphatic rings. The van der Waals surface area contributed by atoms with Crippen molar-refractivity contribution in [2.24, 2.45) is 0 Å². The number of carbonyl (C=O) groups is 1. The topological polar surface area (TPSA) is 97.1 Å². The van der Waals surface area contributed by atoms with Gasteiger partial charge in [0.05, 0.1) is 5.75 Å². The van der Waals surface area contributed by atoms with E-state index in [1.807, 2.05) is 30.3 Å². The Kier molecular flexibility index (Phi) is 3.73. The van der Waals surface area contributed by atoms with Crippen molar-refractivity contribution in [3.05, 3.63) is 58.0 Å². The molecule has 0 bridgehead atoms. The quantitative estimate of drug-likeness (QED) is 0.730. The largest absolute Gasteiger partial charge is 0.507 e. The summed E-state index contributed by atoms with van der Waals surface area (Å²) in [4.78, 5) is 23.9. The van der Waals surface area contributed by atoms with E-state index in [0.29, 0.717) is 10.7 Å². The molecule has 0 fully saturated rings. The van der Waals surface area contributed by atoms with Gasteiger partial charge >= 0.3 is 0 Å². The zero-order valence-corrected chi connectivity index (χ0v) is 13.7. The van der Waals surface area contributed by atoms with Crippen molar-refractivity contribution in [2.45, 2.75) is 5.16 Å². The van der Waals surface area contributed by atoms with Gasteiger partial charge in [0.25, 0.3) is 5.56 Å². The first-order valence-corrected chi connectivity index (χ1v) is 8.43. The highest BCUT2D eigenvalue weighted by atomic mass is 32.2. The molecule has 0 atom stereocenters. The molecule has 4 rings (SSSR count). The number of nitrogens with one attached hydrogen (secondary N) is 1. The number of phenols is 1. The van der Waals surface area contributed by atoms with Crippen LogP contribution in [0.2, 0.25) is 0 Å². The molecule has 0 unspecified atom stereocenters. The van der Waals surface area contributed by atoms with Crippen LogP contribution >= 0.6 is 11.8 Å². The Balaban J connectivity index is 1.79. The maximum absolute atomic E-state index is 12.4. The number of phenolic OH excluding ortho intramolecular Hbond substituents is 1. The SMILES string of the molecule is O=C1CSc2nnc(/C=C/c3c(O)ccc4ccccc34)c(=O)n2N1. The van der Waals surface area contributed by atoms with Gasteiger partial charge in [0.15, 0.2) is 5.69 Å². The lowest BCUT2D eigenvalue weighted by molar-refractivity contribution is -0.115. The molecule has 2 N–H and O–H groups in total. The average Bonchev–Trinajstić information content (AvgIpc) is 2.63. The molecule has 1 aromatic heterocycles. The van der Waals surface area contributed by atoms with E-state index in [9.17, 15) is 14.7 Å². The molecule has 2 aromatic carbocycles. The summed E-state index contributed by atoms with van der Waals surface area (Å²) < 4.78 is 1.09. The summed E-state index contributed by atoms with van der Waals surface area (Å²) >= 11 is 1.15. The van der Waals surface area contributed by atoms with Gasteiger partial charge in [-0.25, -0.2) is 0 Å². The van der Waals surface area contributed by atoms with Gasteiger partial charge in [-0.05, 0) is 29.0 Å². The highest BCUT2D eigenvalue weighted by molar-refractivity contribution is 7.99. The predicted octanol–water partition coefficient (Wildman–Crippen LogP) is 1.84. The maximum atomic E-state index is 12.4. The monoisotopic (exact) mass is 352 g/mol. The standard InChI is InChI=1S/C17H12N4O3S/c22-14-8-5-10-3-1-2-4-11(10)12(14)6-7-13-16(24)21-17(19-18-13)25-9-15(23)20-21/h1-8,22H,9H2,(H,20,23)/b7-6+. The van der Waals surface area contributed by atoms with Crippen LogP contribution in [0.5, 0.6) is 5.75 Å². The number of amides is 1. The Morgan fingerprint density at radius 3 is 2.84 bits per heavy atom. The Morgan fingerprint density at radius 2 is 1.96 bits per heavy atom. The number of carbonyl (C=O) groups excluding carboxylic acids is 1. The molecule has 124 valence electrons. The van der Waals surface area contributed by atoms with Crippen LogP contribution in [0.4, 0.5) is 0 Å². The van der Waals surface area contributed by atoms with E-state index in [0.717, 1.165) is 27.2 Å². The highest BCUT2D eigenvalue weighted by Gasteiger charge is 2.19. The maximum Gasteiger partial charge on any atom is 0.299 e. The fourth-order valence-corrected chi connectivity index (χ4v) is 3.27. The number of aromatic hydroxyl groups is 1. The van der Waals surface area contributed by atoms with Gasteiger partial charge < -0.3 is 5.11 Å². The lowest BCUT2D eigenvalue weighted by atomic mass is 10.0. The van der Waals surface area contributed by atoms with Crippen molar-refractivity contribution < 1.29 is 9.90 Å². The number of nitrogens with zero attached hydrogens (tertiary/aromatic N) is 3. The minimum Gasteiger partial charge on any atom is -0.507 e. The Morgan fingerprint density at radius 1 is 1.12 bits per heavy atom. The highest BCUT2D eigenvalue weighted by Crippen LogP contribution is 2.28. The number of fused-ring (bicyclic) bond motifs is 2. The number of hydrogen-bond donors (Lipinski definition) is 2. The van der Waals surface area contributed by atoms with Gasteiger partial charge in [-0.15, -0.1) is 10.2 Å². The predicted molar refractivity (Wildman–Crippen MR) is 95.9 cm³/mol. The molecule has 0 aliphatic carbocycles. The van der Waals surface area contributed by atoms with Crippen molar-refractivity contribution in [1.82, 2.24) is 14.9 Å². The van der Waals surface area contributed by atoms with Gasteiger partial charge in [0, 0.05) is 5.56 Å². The molecule has 8 heteroatoms. The first-order chi connectivity index (χ1) is 12.1. The van der Waals surface area contributed by atoms with E-state index in [-0.39, 0.29) is 23.1 Å². The molecular formula is C17H12N4O3S. The van der Waals surface area contributed by atoms with Gasteiger partial charge in [-0.3, -0.25) is 15.0 Å². The smallest absolute Gasteiger partial charge is 0.299 e. The Hall–Kier alpha value is -3.13. The summed E-state index contributed by atoms with van der Waals surface area (Å²) in [5.41, 5.74) is 2.65. The zero-order valence-electron chi connectivity index (χ0n) is 12.8. The third kappa shape index (κ3) is 2.76. The molecule has 0 radical (unpaired) electrons. The van der Waals surface area contributed by atoms with Crippen LogP contribution in [0.3, 0.4) is 0 Å². The lowest BCUT2D eigenvalue weighted by Crippen LogP contribution is -2.40. The average molecular weight is 352 g/mol. The summed E-state index contributed by atoms with van der Waals surface area (Å²) in [6, 6.07) is 11.0. The van der Waals surface area contributed by atoms with Crippen molar-refractivity contribution in [3.63, 3.8) is 0 Å². The van der Waals surface area contributed by atoms with E-state index in [2.05, 4.69) is 15.6 Å². The van der Waals surface area contributed by atoms with E-state index >= 15 is 0 Å². The molecule has 25 heavy (non-hydrogen) atoms. The summed E-state index contributed by atoms with van der Waals surface area (Å²) in [5, 5.41) is 20.2. The number of thioether (sulfide) groups is 1. The minimum atomic E-state index is -0.471. The van der Waals surface area contributed by atoms with Crippen molar-refractivity contribution in [3.8, 4) is 5.75 Å². The van der Waals surface area contributed by atoms with Crippen molar-refractivity contribution in [2.75, 3.05) is 11.2 Å². The van der Waals surface area contributed by atoms with Crippen LogP contribution < -0.4 is 11.0 Å².